The molecule has 2 rings (SSSR count). The lowest BCUT2D eigenvalue weighted by Crippen LogP contribution is -2.38. The predicted molar refractivity (Wildman–Crippen MR) is 102 cm³/mol. The zero-order valence-corrected chi connectivity index (χ0v) is 16.6. The van der Waals surface area contributed by atoms with Crippen molar-refractivity contribution in [2.75, 3.05) is 30.2 Å². The molecule has 1 amide bonds. The molecule has 1 heterocycles. The maximum atomic E-state index is 12.4. The topological polar surface area (TPSA) is 57.7 Å². The first-order valence-electron chi connectivity index (χ1n) is 9.01. The molecule has 0 spiro atoms. The zero-order chi connectivity index (χ0) is 18.6. The summed E-state index contributed by atoms with van der Waals surface area (Å²) < 4.78 is 25.9. The first kappa shape index (κ1) is 19.8. The highest BCUT2D eigenvalue weighted by atomic mass is 32.2. The van der Waals surface area contributed by atoms with Crippen molar-refractivity contribution in [2.45, 2.75) is 46.5 Å². The van der Waals surface area contributed by atoms with Gasteiger partial charge in [0.25, 0.3) is 0 Å². The SMILES string of the molecule is Cc1ccc(C)c(N(CCCC(=O)N2CCC(C)CC2)S(C)(=O)=O)c1. The summed E-state index contributed by atoms with van der Waals surface area (Å²) >= 11 is 0. The van der Waals surface area contributed by atoms with Gasteiger partial charge in [0.1, 0.15) is 0 Å². The summed E-state index contributed by atoms with van der Waals surface area (Å²) in [7, 11) is -3.38. The van der Waals surface area contributed by atoms with Crippen molar-refractivity contribution >= 4 is 21.6 Å². The zero-order valence-electron chi connectivity index (χ0n) is 15.8. The molecule has 1 aliphatic heterocycles. The molecular formula is C19H30N2O3S. The van der Waals surface area contributed by atoms with Crippen molar-refractivity contribution in [3.05, 3.63) is 29.3 Å². The molecule has 0 aromatic heterocycles. The quantitative estimate of drug-likeness (QED) is 0.777. The Bertz CT molecular complexity index is 707. The maximum Gasteiger partial charge on any atom is 0.232 e. The van der Waals surface area contributed by atoms with E-state index in [1.165, 1.54) is 10.6 Å². The van der Waals surface area contributed by atoms with Gasteiger partial charge in [0.15, 0.2) is 0 Å². The molecule has 0 saturated carbocycles. The molecule has 1 aromatic rings. The Balaban J connectivity index is 1.99. The third kappa shape index (κ3) is 5.46. The lowest BCUT2D eigenvalue weighted by Gasteiger charge is -2.30. The summed E-state index contributed by atoms with van der Waals surface area (Å²) in [5.74, 6) is 0.829. The molecule has 1 saturated heterocycles. The number of carbonyl (C=O) groups excluding carboxylic acids is 1. The standard InChI is InChI=1S/C19H30N2O3S/c1-15-9-12-20(13-10-15)19(22)6-5-11-21(25(4,23)24)18-14-16(2)7-8-17(18)3/h7-8,14-15H,5-6,9-13H2,1-4H3. The van der Waals surface area contributed by atoms with Gasteiger partial charge in [-0.2, -0.15) is 0 Å². The van der Waals surface area contributed by atoms with E-state index in [1.54, 1.807) is 0 Å². The number of sulfonamides is 1. The molecule has 0 unspecified atom stereocenters. The normalized spacial score (nSPS) is 16.1. The molecule has 140 valence electrons. The third-order valence-electron chi connectivity index (χ3n) is 4.92. The summed E-state index contributed by atoms with van der Waals surface area (Å²) in [5.41, 5.74) is 2.65. The number of rotatable bonds is 6. The van der Waals surface area contributed by atoms with Gasteiger partial charge >= 0.3 is 0 Å². The Labute approximate surface area is 152 Å². The molecule has 1 aromatic carbocycles. The van der Waals surface area contributed by atoms with Crippen LogP contribution in [0.25, 0.3) is 0 Å². The van der Waals surface area contributed by atoms with Gasteiger partial charge in [0, 0.05) is 26.1 Å². The highest BCUT2D eigenvalue weighted by molar-refractivity contribution is 7.92. The Hall–Kier alpha value is -1.56. The number of likely N-dealkylation sites (tertiary alicyclic amines) is 1. The Morgan fingerprint density at radius 2 is 1.88 bits per heavy atom. The number of hydrogen-bond acceptors (Lipinski definition) is 3. The van der Waals surface area contributed by atoms with Crippen molar-refractivity contribution in [2.24, 2.45) is 5.92 Å². The van der Waals surface area contributed by atoms with Gasteiger partial charge < -0.3 is 4.90 Å². The van der Waals surface area contributed by atoms with Crippen LogP contribution < -0.4 is 4.31 Å². The van der Waals surface area contributed by atoms with Crippen molar-refractivity contribution in [3.8, 4) is 0 Å². The molecule has 0 aliphatic carbocycles. The van der Waals surface area contributed by atoms with Crippen LogP contribution in [0.3, 0.4) is 0 Å². The van der Waals surface area contributed by atoms with E-state index in [0.717, 1.165) is 37.1 Å². The number of amides is 1. The lowest BCUT2D eigenvalue weighted by atomic mass is 9.99. The predicted octanol–water partition coefficient (Wildman–Crippen LogP) is 3.11. The lowest BCUT2D eigenvalue weighted by molar-refractivity contribution is -0.132. The second kappa shape index (κ2) is 8.21. The summed E-state index contributed by atoms with van der Waals surface area (Å²) in [5, 5.41) is 0. The summed E-state index contributed by atoms with van der Waals surface area (Å²) in [6.45, 7) is 8.06. The Morgan fingerprint density at radius 3 is 2.48 bits per heavy atom. The molecule has 25 heavy (non-hydrogen) atoms. The van der Waals surface area contributed by atoms with Crippen molar-refractivity contribution < 1.29 is 13.2 Å². The minimum absolute atomic E-state index is 0.140. The van der Waals surface area contributed by atoms with E-state index >= 15 is 0 Å². The molecule has 1 aliphatic rings. The van der Waals surface area contributed by atoms with Crippen molar-refractivity contribution in [3.63, 3.8) is 0 Å². The maximum absolute atomic E-state index is 12.4. The Kier molecular flexibility index (Phi) is 6.49. The van der Waals surface area contributed by atoms with E-state index in [1.807, 2.05) is 36.9 Å². The molecule has 1 fully saturated rings. The summed E-state index contributed by atoms with van der Waals surface area (Å²) in [4.78, 5) is 14.3. The summed E-state index contributed by atoms with van der Waals surface area (Å²) in [6, 6.07) is 5.80. The monoisotopic (exact) mass is 366 g/mol. The van der Waals surface area contributed by atoms with Gasteiger partial charge in [-0.25, -0.2) is 8.42 Å². The number of benzene rings is 1. The number of carbonyl (C=O) groups is 1. The van der Waals surface area contributed by atoms with Crippen LogP contribution in [-0.2, 0) is 14.8 Å². The fraction of sp³-hybridized carbons (Fsp3) is 0.632. The van der Waals surface area contributed by atoms with Gasteiger partial charge in [0.05, 0.1) is 11.9 Å². The number of aryl methyl sites for hydroxylation is 2. The van der Waals surface area contributed by atoms with Crippen molar-refractivity contribution in [1.82, 2.24) is 4.90 Å². The van der Waals surface area contributed by atoms with E-state index in [4.69, 9.17) is 0 Å². The van der Waals surface area contributed by atoms with Crippen LogP contribution >= 0.6 is 0 Å². The summed E-state index contributed by atoms with van der Waals surface area (Å²) in [6.07, 6.45) is 4.27. The number of nitrogens with zero attached hydrogens (tertiary/aromatic N) is 2. The minimum Gasteiger partial charge on any atom is -0.343 e. The van der Waals surface area contributed by atoms with E-state index in [0.29, 0.717) is 31.0 Å². The van der Waals surface area contributed by atoms with Crippen molar-refractivity contribution in [1.29, 1.82) is 0 Å². The fourth-order valence-corrected chi connectivity index (χ4v) is 4.26. The molecule has 0 N–H and O–H groups in total. The average molecular weight is 367 g/mol. The molecule has 0 radical (unpaired) electrons. The third-order valence-corrected chi connectivity index (χ3v) is 6.10. The largest absolute Gasteiger partial charge is 0.343 e. The molecule has 0 atom stereocenters. The van der Waals surface area contributed by atoms with E-state index in [-0.39, 0.29) is 5.91 Å². The van der Waals surface area contributed by atoms with E-state index in [2.05, 4.69) is 6.92 Å². The van der Waals surface area contributed by atoms with E-state index in [9.17, 15) is 13.2 Å². The van der Waals surface area contributed by atoms with Crippen LogP contribution in [0.15, 0.2) is 18.2 Å². The van der Waals surface area contributed by atoms with Crippen LogP contribution in [0.1, 0.15) is 43.7 Å². The minimum atomic E-state index is -3.38. The average Bonchev–Trinajstić information content (AvgIpc) is 2.53. The van der Waals surface area contributed by atoms with Gasteiger partial charge in [-0.3, -0.25) is 9.10 Å². The molecule has 0 bridgehead atoms. The van der Waals surface area contributed by atoms with Crippen LogP contribution in [0.5, 0.6) is 0 Å². The van der Waals surface area contributed by atoms with Crippen LogP contribution in [0.4, 0.5) is 5.69 Å². The second-order valence-corrected chi connectivity index (χ2v) is 9.20. The van der Waals surface area contributed by atoms with Gasteiger partial charge in [0.2, 0.25) is 15.9 Å². The highest BCUT2D eigenvalue weighted by Gasteiger charge is 2.22. The molecular weight excluding hydrogens is 336 g/mol. The van der Waals surface area contributed by atoms with Crippen LogP contribution in [0, 0.1) is 19.8 Å². The molecule has 6 heteroatoms. The number of hydrogen-bond donors (Lipinski definition) is 0. The number of anilines is 1. The van der Waals surface area contributed by atoms with Gasteiger partial charge in [-0.05, 0) is 56.2 Å². The fourth-order valence-electron chi connectivity index (χ4n) is 3.24. The number of piperidine rings is 1. The smallest absolute Gasteiger partial charge is 0.232 e. The van der Waals surface area contributed by atoms with Crippen LogP contribution in [-0.4, -0.2) is 45.1 Å². The highest BCUT2D eigenvalue weighted by Crippen LogP contribution is 2.24. The Morgan fingerprint density at radius 1 is 1.24 bits per heavy atom. The van der Waals surface area contributed by atoms with Crippen LogP contribution in [0.2, 0.25) is 0 Å². The first-order valence-corrected chi connectivity index (χ1v) is 10.9. The molecule has 5 nitrogen and oxygen atoms in total. The van der Waals surface area contributed by atoms with Gasteiger partial charge in [-0.15, -0.1) is 0 Å². The second-order valence-electron chi connectivity index (χ2n) is 7.29. The first-order chi connectivity index (χ1) is 11.7. The van der Waals surface area contributed by atoms with Gasteiger partial charge in [-0.1, -0.05) is 19.1 Å². The van der Waals surface area contributed by atoms with E-state index < -0.39 is 10.0 Å².